The van der Waals surface area contributed by atoms with Gasteiger partial charge in [0.1, 0.15) is 11.6 Å². The topological polar surface area (TPSA) is 153 Å². The molecule has 0 aliphatic carbocycles. The summed E-state index contributed by atoms with van der Waals surface area (Å²) in [6, 6.07) is 7.02. The maximum atomic E-state index is 5.66. The van der Waals surface area contributed by atoms with Gasteiger partial charge in [0.05, 0.1) is 12.4 Å². The van der Waals surface area contributed by atoms with Crippen LogP contribution >= 0.6 is 0 Å². The number of nitrogens with one attached hydrogen (secondary N) is 1. The van der Waals surface area contributed by atoms with Crippen LogP contribution in [0.3, 0.4) is 0 Å². The number of nitrogens with two attached hydrogens (primary N) is 3. The molecule has 0 aromatic carbocycles. The van der Waals surface area contributed by atoms with Crippen LogP contribution in [-0.2, 0) is 0 Å². The zero-order valence-corrected chi connectivity index (χ0v) is 11.6. The highest BCUT2D eigenvalue weighted by atomic mass is 15.4. The van der Waals surface area contributed by atoms with Crippen LogP contribution in [0.2, 0.25) is 0 Å². The number of anilines is 2. The molecule has 9 heteroatoms. The van der Waals surface area contributed by atoms with E-state index in [0.29, 0.717) is 22.8 Å². The van der Waals surface area contributed by atoms with Gasteiger partial charge in [0, 0.05) is 23.5 Å². The fraction of sp³-hybridized carbons (Fsp3) is 0. The molecule has 2 aromatic heterocycles. The quantitative estimate of drug-likeness (QED) is 0.351. The van der Waals surface area contributed by atoms with E-state index in [1.54, 1.807) is 36.7 Å². The number of rotatable bonds is 4. The molecule has 0 saturated carbocycles. The fourth-order valence-corrected chi connectivity index (χ4v) is 1.42. The molecule has 7 N–H and O–H groups in total. The van der Waals surface area contributed by atoms with Crippen molar-refractivity contribution < 1.29 is 0 Å². The number of hydrogen-bond acceptors (Lipinski definition) is 7. The molecule has 0 spiro atoms. The predicted octanol–water partition coefficient (Wildman–Crippen LogP) is -0.0867. The summed E-state index contributed by atoms with van der Waals surface area (Å²) in [6.45, 7) is 0. The highest BCUT2D eigenvalue weighted by Crippen LogP contribution is 2.03. The first-order chi connectivity index (χ1) is 10.7. The summed E-state index contributed by atoms with van der Waals surface area (Å²) in [5.74, 6) is 0.740. The van der Waals surface area contributed by atoms with Crippen LogP contribution in [0.4, 0.5) is 11.6 Å². The van der Waals surface area contributed by atoms with Gasteiger partial charge in [-0.3, -0.25) is 0 Å². The number of aromatic nitrogens is 2. The smallest absolute Gasteiger partial charge is 0.234 e. The first-order valence-electron chi connectivity index (χ1n) is 6.23. The SMILES string of the molecule is NC(=NN=Cc1cccnc1N)NN=Cc1cccnc1N. The molecule has 0 radical (unpaired) electrons. The van der Waals surface area contributed by atoms with Gasteiger partial charge in [0.25, 0.3) is 0 Å². The zero-order chi connectivity index (χ0) is 15.8. The summed E-state index contributed by atoms with van der Waals surface area (Å²) in [5.41, 5.74) is 20.7. The van der Waals surface area contributed by atoms with Gasteiger partial charge in [0.15, 0.2) is 0 Å². The van der Waals surface area contributed by atoms with Crippen molar-refractivity contribution in [2.75, 3.05) is 11.5 Å². The second kappa shape index (κ2) is 7.33. The molecular formula is C13H15N9. The summed E-state index contributed by atoms with van der Waals surface area (Å²) < 4.78 is 0. The molecule has 2 rings (SSSR count). The van der Waals surface area contributed by atoms with E-state index >= 15 is 0 Å². The van der Waals surface area contributed by atoms with Crippen molar-refractivity contribution in [3.63, 3.8) is 0 Å². The molecular weight excluding hydrogens is 282 g/mol. The summed E-state index contributed by atoms with van der Waals surface area (Å²) in [5, 5.41) is 11.4. The Balaban J connectivity index is 1.93. The molecule has 0 aliphatic rings. The Bertz CT molecular complexity index is 721. The van der Waals surface area contributed by atoms with Crippen LogP contribution < -0.4 is 22.6 Å². The minimum absolute atomic E-state index is 0.0115. The molecule has 2 aromatic rings. The largest absolute Gasteiger partial charge is 0.383 e. The van der Waals surface area contributed by atoms with Crippen molar-refractivity contribution in [3.05, 3.63) is 47.8 Å². The summed E-state index contributed by atoms with van der Waals surface area (Å²) in [6.07, 6.45) is 6.10. The van der Waals surface area contributed by atoms with Gasteiger partial charge < -0.3 is 17.2 Å². The van der Waals surface area contributed by atoms with Crippen LogP contribution in [0, 0.1) is 0 Å². The summed E-state index contributed by atoms with van der Waals surface area (Å²) in [7, 11) is 0. The number of guanidine groups is 1. The second-order valence-corrected chi connectivity index (χ2v) is 4.06. The molecule has 0 unspecified atom stereocenters. The van der Waals surface area contributed by atoms with E-state index in [-0.39, 0.29) is 5.96 Å². The summed E-state index contributed by atoms with van der Waals surface area (Å²) in [4.78, 5) is 7.84. The van der Waals surface area contributed by atoms with Gasteiger partial charge in [-0.05, 0) is 24.3 Å². The highest BCUT2D eigenvalue weighted by Gasteiger charge is 1.95. The molecule has 0 amide bonds. The lowest BCUT2D eigenvalue weighted by molar-refractivity contribution is 0.994. The van der Waals surface area contributed by atoms with Crippen molar-refractivity contribution in [1.29, 1.82) is 0 Å². The predicted molar refractivity (Wildman–Crippen MR) is 87.2 cm³/mol. The Hall–Kier alpha value is -3.49. The van der Waals surface area contributed by atoms with Gasteiger partial charge in [-0.1, -0.05) is 0 Å². The van der Waals surface area contributed by atoms with Gasteiger partial charge in [-0.15, -0.1) is 5.10 Å². The zero-order valence-electron chi connectivity index (χ0n) is 11.6. The first-order valence-corrected chi connectivity index (χ1v) is 6.23. The second-order valence-electron chi connectivity index (χ2n) is 4.06. The third kappa shape index (κ3) is 4.27. The van der Waals surface area contributed by atoms with E-state index in [9.17, 15) is 0 Å². The van der Waals surface area contributed by atoms with Gasteiger partial charge in [0.2, 0.25) is 5.96 Å². The van der Waals surface area contributed by atoms with E-state index < -0.39 is 0 Å². The van der Waals surface area contributed by atoms with Crippen molar-refractivity contribution in [2.45, 2.75) is 0 Å². The fourth-order valence-electron chi connectivity index (χ4n) is 1.42. The summed E-state index contributed by atoms with van der Waals surface area (Å²) >= 11 is 0. The molecule has 0 aliphatic heterocycles. The monoisotopic (exact) mass is 297 g/mol. The molecule has 9 nitrogen and oxygen atoms in total. The van der Waals surface area contributed by atoms with Crippen molar-refractivity contribution in [1.82, 2.24) is 15.4 Å². The van der Waals surface area contributed by atoms with E-state index in [0.717, 1.165) is 0 Å². The number of hydrazone groups is 1. The molecule has 0 saturated heterocycles. The molecule has 0 fully saturated rings. The van der Waals surface area contributed by atoms with Crippen molar-refractivity contribution in [2.24, 2.45) is 21.0 Å². The van der Waals surface area contributed by atoms with Crippen LogP contribution in [0.15, 0.2) is 52.0 Å². The average Bonchev–Trinajstić information content (AvgIpc) is 2.51. The molecule has 0 atom stereocenters. The standard InChI is InChI=1S/C13H15N9/c14-11-9(3-1-5-17-11)7-19-21-13(16)22-20-8-10-4-2-6-18-12(10)15/h1-8H,(H2,14,17)(H2,15,18)(H3,16,21,22). The molecule has 22 heavy (non-hydrogen) atoms. The average molecular weight is 297 g/mol. The van der Waals surface area contributed by atoms with Crippen LogP contribution in [-0.4, -0.2) is 28.4 Å². The minimum Gasteiger partial charge on any atom is -0.383 e. The van der Waals surface area contributed by atoms with Crippen molar-refractivity contribution in [3.8, 4) is 0 Å². The Morgan fingerprint density at radius 1 is 1.00 bits per heavy atom. The normalized spacial score (nSPS) is 12.1. The Morgan fingerprint density at radius 3 is 2.18 bits per heavy atom. The number of hydrogen-bond donors (Lipinski definition) is 4. The Kier molecular flexibility index (Phi) is 4.97. The van der Waals surface area contributed by atoms with Crippen LogP contribution in [0.5, 0.6) is 0 Å². The number of pyridine rings is 2. The van der Waals surface area contributed by atoms with Gasteiger partial charge in [-0.25, -0.2) is 15.4 Å². The number of nitrogens with zero attached hydrogens (tertiary/aromatic N) is 5. The third-order valence-corrected chi connectivity index (χ3v) is 2.49. The van der Waals surface area contributed by atoms with E-state index in [1.165, 1.54) is 12.4 Å². The van der Waals surface area contributed by atoms with E-state index in [2.05, 4.69) is 30.7 Å². The Labute approximate surface area is 126 Å². The van der Waals surface area contributed by atoms with Gasteiger partial charge >= 0.3 is 0 Å². The molecule has 0 bridgehead atoms. The molecule has 2 heterocycles. The van der Waals surface area contributed by atoms with Crippen LogP contribution in [0.1, 0.15) is 11.1 Å². The number of nitrogen functional groups attached to an aromatic ring is 2. The van der Waals surface area contributed by atoms with E-state index in [4.69, 9.17) is 17.2 Å². The minimum atomic E-state index is 0.0115. The first kappa shape index (κ1) is 14.9. The van der Waals surface area contributed by atoms with Crippen LogP contribution in [0.25, 0.3) is 0 Å². The Morgan fingerprint density at radius 2 is 1.59 bits per heavy atom. The van der Waals surface area contributed by atoms with Gasteiger partial charge in [-0.2, -0.15) is 10.2 Å². The maximum absolute atomic E-state index is 5.66. The lowest BCUT2D eigenvalue weighted by Gasteiger charge is -1.98. The lowest BCUT2D eigenvalue weighted by Crippen LogP contribution is -2.26. The lowest BCUT2D eigenvalue weighted by atomic mass is 10.3. The highest BCUT2D eigenvalue weighted by molar-refractivity contribution is 5.88. The maximum Gasteiger partial charge on any atom is 0.234 e. The van der Waals surface area contributed by atoms with E-state index in [1.807, 2.05) is 0 Å². The third-order valence-electron chi connectivity index (χ3n) is 2.49. The molecule has 112 valence electrons. The van der Waals surface area contributed by atoms with Crippen molar-refractivity contribution >= 4 is 30.0 Å².